The van der Waals surface area contributed by atoms with E-state index in [2.05, 4.69) is 18.7 Å². The maximum Gasteiger partial charge on any atom is 0.0695 e. The molecule has 3 unspecified atom stereocenters. The molecule has 2 rings (SSSR count). The summed E-state index contributed by atoms with van der Waals surface area (Å²) in [5.41, 5.74) is 0. The van der Waals surface area contributed by atoms with Gasteiger partial charge >= 0.3 is 0 Å². The van der Waals surface area contributed by atoms with Crippen LogP contribution >= 0.6 is 0 Å². The Kier molecular flexibility index (Phi) is 5.50. The highest BCUT2D eigenvalue weighted by Crippen LogP contribution is 2.33. The summed E-state index contributed by atoms with van der Waals surface area (Å²) in [6.07, 6.45) is 10.2. The molecule has 1 heterocycles. The molecule has 1 aliphatic heterocycles. The lowest BCUT2D eigenvalue weighted by atomic mass is 9.77. The monoisotopic (exact) mass is 253 g/mol. The molecule has 2 aliphatic rings. The van der Waals surface area contributed by atoms with Crippen LogP contribution in [-0.2, 0) is 0 Å². The minimum Gasteiger partial charge on any atom is -0.391 e. The van der Waals surface area contributed by atoms with E-state index in [0.717, 1.165) is 18.3 Å². The third kappa shape index (κ3) is 3.71. The number of hydrogen-bond acceptors (Lipinski definition) is 2. The van der Waals surface area contributed by atoms with Crippen LogP contribution in [0.5, 0.6) is 0 Å². The Bertz CT molecular complexity index is 233. The van der Waals surface area contributed by atoms with E-state index in [1.165, 1.54) is 58.0 Å². The highest BCUT2D eigenvalue weighted by atomic mass is 16.3. The number of nitrogens with zero attached hydrogens (tertiary/aromatic N) is 1. The standard InChI is InChI=1S/C16H31NO/c1-13(2)14-8-9-16(18)15(12-14)17-10-6-4-3-5-7-11-17/h13-16,18H,3-12H2,1-2H3. The van der Waals surface area contributed by atoms with Crippen molar-refractivity contribution in [2.45, 2.75) is 77.4 Å². The van der Waals surface area contributed by atoms with Crippen LogP contribution in [-0.4, -0.2) is 35.2 Å². The molecule has 0 amide bonds. The fourth-order valence-electron chi connectivity index (χ4n) is 3.76. The van der Waals surface area contributed by atoms with E-state index in [1.807, 2.05) is 0 Å². The van der Waals surface area contributed by atoms with Gasteiger partial charge in [-0.25, -0.2) is 0 Å². The van der Waals surface area contributed by atoms with Crippen LogP contribution < -0.4 is 0 Å². The maximum atomic E-state index is 10.3. The van der Waals surface area contributed by atoms with Crippen LogP contribution in [0.4, 0.5) is 0 Å². The second-order valence-electron chi connectivity index (χ2n) is 6.76. The van der Waals surface area contributed by atoms with Gasteiger partial charge in [0, 0.05) is 6.04 Å². The number of hydrogen-bond donors (Lipinski definition) is 1. The van der Waals surface area contributed by atoms with Crippen molar-refractivity contribution in [2.24, 2.45) is 11.8 Å². The first-order valence-electron chi connectivity index (χ1n) is 8.10. The van der Waals surface area contributed by atoms with Crippen molar-refractivity contribution >= 4 is 0 Å². The van der Waals surface area contributed by atoms with Gasteiger partial charge in [-0.2, -0.15) is 0 Å². The molecule has 0 radical (unpaired) electrons. The highest BCUT2D eigenvalue weighted by molar-refractivity contribution is 4.88. The first-order valence-corrected chi connectivity index (χ1v) is 8.10. The molecule has 2 heteroatoms. The zero-order valence-corrected chi connectivity index (χ0v) is 12.3. The van der Waals surface area contributed by atoms with Crippen LogP contribution in [0.3, 0.4) is 0 Å². The largest absolute Gasteiger partial charge is 0.391 e. The van der Waals surface area contributed by atoms with Crippen LogP contribution in [0, 0.1) is 11.8 Å². The van der Waals surface area contributed by atoms with E-state index in [0.29, 0.717) is 6.04 Å². The van der Waals surface area contributed by atoms with Crippen LogP contribution in [0.1, 0.15) is 65.2 Å². The molecule has 18 heavy (non-hydrogen) atoms. The van der Waals surface area contributed by atoms with Gasteiger partial charge in [0.25, 0.3) is 0 Å². The highest BCUT2D eigenvalue weighted by Gasteiger charge is 2.34. The molecule has 0 bridgehead atoms. The Morgan fingerprint density at radius 3 is 2.17 bits per heavy atom. The molecule has 2 fully saturated rings. The molecule has 0 aromatic rings. The minimum atomic E-state index is -0.0700. The normalized spacial score (nSPS) is 36.3. The van der Waals surface area contributed by atoms with E-state index in [4.69, 9.17) is 0 Å². The first kappa shape index (κ1) is 14.3. The molecule has 1 saturated carbocycles. The van der Waals surface area contributed by atoms with Gasteiger partial charge in [0.05, 0.1) is 6.10 Å². The number of aliphatic hydroxyl groups excluding tert-OH is 1. The number of aliphatic hydroxyl groups is 1. The van der Waals surface area contributed by atoms with Gasteiger partial charge in [0.15, 0.2) is 0 Å². The van der Waals surface area contributed by atoms with Gasteiger partial charge in [-0.15, -0.1) is 0 Å². The third-order valence-corrected chi connectivity index (χ3v) is 5.12. The van der Waals surface area contributed by atoms with E-state index >= 15 is 0 Å². The van der Waals surface area contributed by atoms with Crippen LogP contribution in [0.2, 0.25) is 0 Å². The van der Waals surface area contributed by atoms with Crippen molar-refractivity contribution in [1.82, 2.24) is 4.90 Å². The molecule has 106 valence electrons. The smallest absolute Gasteiger partial charge is 0.0695 e. The lowest BCUT2D eigenvalue weighted by molar-refractivity contribution is -0.00731. The van der Waals surface area contributed by atoms with E-state index in [-0.39, 0.29) is 6.10 Å². The van der Waals surface area contributed by atoms with Crippen LogP contribution in [0.15, 0.2) is 0 Å². The van der Waals surface area contributed by atoms with Crippen LogP contribution in [0.25, 0.3) is 0 Å². The number of rotatable bonds is 2. The Labute approximate surface area is 113 Å². The third-order valence-electron chi connectivity index (χ3n) is 5.12. The van der Waals surface area contributed by atoms with Gasteiger partial charge in [0.1, 0.15) is 0 Å². The molecule has 0 spiro atoms. The summed E-state index contributed by atoms with van der Waals surface area (Å²) < 4.78 is 0. The first-order chi connectivity index (χ1) is 8.68. The average molecular weight is 253 g/mol. The Morgan fingerprint density at radius 1 is 0.944 bits per heavy atom. The van der Waals surface area contributed by atoms with Crippen molar-refractivity contribution in [2.75, 3.05) is 13.1 Å². The van der Waals surface area contributed by atoms with Crippen molar-refractivity contribution < 1.29 is 5.11 Å². The average Bonchev–Trinajstić information content (AvgIpc) is 2.29. The van der Waals surface area contributed by atoms with Gasteiger partial charge in [-0.1, -0.05) is 33.1 Å². The molecule has 3 atom stereocenters. The van der Waals surface area contributed by atoms with Crippen molar-refractivity contribution in [1.29, 1.82) is 0 Å². The van der Waals surface area contributed by atoms with Gasteiger partial charge in [-0.05, 0) is 57.0 Å². The quantitative estimate of drug-likeness (QED) is 0.815. The summed E-state index contributed by atoms with van der Waals surface area (Å²) in [5, 5.41) is 10.3. The summed E-state index contributed by atoms with van der Waals surface area (Å²) in [7, 11) is 0. The number of likely N-dealkylation sites (tertiary alicyclic amines) is 1. The van der Waals surface area contributed by atoms with E-state index in [9.17, 15) is 5.11 Å². The van der Waals surface area contributed by atoms with Gasteiger partial charge in [0.2, 0.25) is 0 Å². The fourth-order valence-corrected chi connectivity index (χ4v) is 3.76. The van der Waals surface area contributed by atoms with Crippen molar-refractivity contribution in [3.8, 4) is 0 Å². The van der Waals surface area contributed by atoms with Crippen molar-refractivity contribution in [3.05, 3.63) is 0 Å². The Hall–Kier alpha value is -0.0800. The van der Waals surface area contributed by atoms with Gasteiger partial charge < -0.3 is 5.11 Å². The van der Waals surface area contributed by atoms with Crippen molar-refractivity contribution in [3.63, 3.8) is 0 Å². The zero-order chi connectivity index (χ0) is 13.0. The summed E-state index contributed by atoms with van der Waals surface area (Å²) in [6.45, 7) is 7.11. The molecule has 0 aromatic carbocycles. The Balaban J connectivity index is 1.94. The molecule has 1 aliphatic carbocycles. The second kappa shape index (κ2) is 6.91. The summed E-state index contributed by atoms with van der Waals surface area (Å²) >= 11 is 0. The molecule has 0 aromatic heterocycles. The fraction of sp³-hybridized carbons (Fsp3) is 1.00. The summed E-state index contributed by atoms with van der Waals surface area (Å²) in [4.78, 5) is 2.61. The summed E-state index contributed by atoms with van der Waals surface area (Å²) in [6, 6.07) is 0.448. The summed E-state index contributed by atoms with van der Waals surface area (Å²) in [5.74, 6) is 1.60. The molecule has 1 N–H and O–H groups in total. The second-order valence-corrected chi connectivity index (χ2v) is 6.76. The maximum absolute atomic E-state index is 10.3. The lowest BCUT2D eigenvalue weighted by Gasteiger charge is -2.42. The van der Waals surface area contributed by atoms with Gasteiger partial charge in [-0.3, -0.25) is 4.90 Å². The molecule has 1 saturated heterocycles. The predicted molar refractivity (Wildman–Crippen MR) is 76.6 cm³/mol. The lowest BCUT2D eigenvalue weighted by Crippen LogP contribution is -2.49. The molecular weight excluding hydrogens is 222 g/mol. The topological polar surface area (TPSA) is 23.5 Å². The Morgan fingerprint density at radius 2 is 1.56 bits per heavy atom. The van der Waals surface area contributed by atoms with E-state index in [1.54, 1.807) is 0 Å². The minimum absolute atomic E-state index is 0.0700. The molecule has 2 nitrogen and oxygen atoms in total. The SMILES string of the molecule is CC(C)C1CCC(O)C(N2CCCCCCC2)C1. The zero-order valence-electron chi connectivity index (χ0n) is 12.3. The van der Waals surface area contributed by atoms with E-state index < -0.39 is 0 Å². The predicted octanol–water partition coefficient (Wildman–Crippen LogP) is 3.44. The molecular formula is C16H31NO.